The molecule has 1 aliphatic rings. The number of nitrogens with zero attached hydrogens (tertiary/aromatic N) is 2. The fraction of sp³-hybridized carbons (Fsp3) is 0.412. The molecule has 4 nitrogen and oxygen atoms in total. The summed E-state index contributed by atoms with van der Waals surface area (Å²) in [5.41, 5.74) is 0.449. The van der Waals surface area contributed by atoms with Crippen LogP contribution in [-0.2, 0) is 14.9 Å². The van der Waals surface area contributed by atoms with Crippen LogP contribution in [0.4, 0.5) is 4.39 Å². The van der Waals surface area contributed by atoms with Gasteiger partial charge in [-0.15, -0.1) is 12.6 Å². The van der Waals surface area contributed by atoms with Crippen molar-refractivity contribution in [1.82, 2.24) is 0 Å². The highest BCUT2D eigenvalue weighted by molar-refractivity contribution is 7.84. The first-order chi connectivity index (χ1) is 11.0. The maximum atomic E-state index is 14.5. The number of aliphatic imine (C=N–C) groups is 1. The van der Waals surface area contributed by atoms with Gasteiger partial charge in [-0.25, -0.2) is 4.39 Å². The van der Waals surface area contributed by atoms with Gasteiger partial charge < -0.3 is 9.47 Å². The van der Waals surface area contributed by atoms with Crippen molar-refractivity contribution >= 4 is 18.3 Å². The van der Waals surface area contributed by atoms with E-state index in [-0.39, 0.29) is 25.3 Å². The Kier molecular flexibility index (Phi) is 5.58. The van der Waals surface area contributed by atoms with Gasteiger partial charge in [-0.05, 0) is 19.9 Å². The van der Waals surface area contributed by atoms with Gasteiger partial charge in [0.15, 0.2) is 0 Å². The molecule has 1 aromatic rings. The molecule has 0 aromatic heterocycles. The first-order valence-corrected chi connectivity index (χ1v) is 7.64. The molecule has 23 heavy (non-hydrogen) atoms. The molecule has 2 atom stereocenters. The van der Waals surface area contributed by atoms with Gasteiger partial charge >= 0.3 is 0 Å². The zero-order valence-electron chi connectivity index (χ0n) is 13.3. The minimum Gasteiger partial charge on any atom is -0.359 e. The lowest BCUT2D eigenvalue weighted by molar-refractivity contribution is -0.0380. The summed E-state index contributed by atoms with van der Waals surface area (Å²) in [6, 6.07) is 8.25. The monoisotopic (exact) mass is 334 g/mol. The number of hydrogen-bond donors (Lipinski definition) is 1. The summed E-state index contributed by atoms with van der Waals surface area (Å²) in [6.45, 7) is 3.78. The van der Waals surface area contributed by atoms with Gasteiger partial charge in [0.2, 0.25) is 0 Å². The van der Waals surface area contributed by atoms with Crippen LogP contribution >= 0.6 is 12.6 Å². The molecule has 1 aliphatic heterocycles. The predicted octanol–water partition coefficient (Wildman–Crippen LogP) is 3.25. The van der Waals surface area contributed by atoms with Crippen LogP contribution in [0.5, 0.6) is 0 Å². The Hall–Kier alpha value is -1.68. The van der Waals surface area contributed by atoms with Gasteiger partial charge in [0.05, 0.1) is 29.7 Å². The summed E-state index contributed by atoms with van der Waals surface area (Å²) in [5.74, 6) is -0.388. The van der Waals surface area contributed by atoms with E-state index >= 15 is 0 Å². The lowest BCUT2D eigenvalue weighted by atomic mass is 9.73. The van der Waals surface area contributed by atoms with Crippen LogP contribution in [0.1, 0.15) is 19.4 Å². The maximum absolute atomic E-state index is 14.5. The van der Waals surface area contributed by atoms with E-state index in [2.05, 4.69) is 23.7 Å². The topological polar surface area (TPSA) is 54.6 Å². The molecule has 0 spiro atoms. The highest BCUT2D eigenvalue weighted by Crippen LogP contribution is 2.43. The second-order valence-corrected chi connectivity index (χ2v) is 5.85. The van der Waals surface area contributed by atoms with Crippen LogP contribution in [0.3, 0.4) is 0 Å². The van der Waals surface area contributed by atoms with E-state index in [0.717, 1.165) is 0 Å². The maximum Gasteiger partial charge on any atom is 0.146 e. The Labute approximate surface area is 141 Å². The molecule has 0 N–H and O–H groups in total. The summed E-state index contributed by atoms with van der Waals surface area (Å²) in [7, 11) is 1.51. The fourth-order valence-corrected chi connectivity index (χ4v) is 3.45. The van der Waals surface area contributed by atoms with Gasteiger partial charge in [-0.2, -0.15) is 5.26 Å². The Balaban J connectivity index is 2.67. The molecular formula is C17H19FN2O2S. The van der Waals surface area contributed by atoms with Gasteiger partial charge in [-0.3, -0.25) is 4.99 Å². The van der Waals surface area contributed by atoms with Crippen LogP contribution in [0.2, 0.25) is 0 Å². The minimum absolute atomic E-state index is 0.0575. The first kappa shape index (κ1) is 17.7. The predicted molar refractivity (Wildman–Crippen MR) is 90.1 cm³/mol. The fourth-order valence-electron chi connectivity index (χ4n) is 2.87. The number of methoxy groups -OCH3 is 1. The molecule has 0 radical (unpaired) electrons. The molecule has 6 heteroatoms. The molecule has 0 bridgehead atoms. The highest BCUT2D eigenvalue weighted by Gasteiger charge is 2.45. The number of halogens is 1. The van der Waals surface area contributed by atoms with Gasteiger partial charge in [0.1, 0.15) is 12.6 Å². The molecular weight excluding hydrogens is 315 g/mol. The van der Waals surface area contributed by atoms with E-state index in [9.17, 15) is 9.65 Å². The zero-order valence-corrected chi connectivity index (χ0v) is 14.2. The van der Waals surface area contributed by atoms with Crippen molar-refractivity contribution in [2.45, 2.75) is 25.3 Å². The summed E-state index contributed by atoms with van der Waals surface area (Å²) in [6.07, 6.45) is 0. The molecule has 0 saturated heterocycles. The third-order valence-corrected chi connectivity index (χ3v) is 4.68. The third kappa shape index (κ3) is 3.05. The minimum atomic E-state index is -1.02. The Morgan fingerprint density at radius 1 is 1.43 bits per heavy atom. The van der Waals surface area contributed by atoms with E-state index in [1.54, 1.807) is 18.2 Å². The number of thiol groups is 1. The van der Waals surface area contributed by atoms with Crippen LogP contribution < -0.4 is 0 Å². The molecule has 0 saturated carbocycles. The largest absolute Gasteiger partial charge is 0.359 e. The first-order valence-electron chi connectivity index (χ1n) is 7.19. The average molecular weight is 334 g/mol. The van der Waals surface area contributed by atoms with Crippen LogP contribution in [0.15, 0.2) is 39.7 Å². The van der Waals surface area contributed by atoms with Gasteiger partial charge in [-0.1, -0.05) is 18.2 Å². The zero-order chi connectivity index (χ0) is 17.0. The van der Waals surface area contributed by atoms with E-state index in [4.69, 9.17) is 9.47 Å². The second-order valence-electron chi connectivity index (χ2n) is 5.40. The third-order valence-electron chi connectivity index (χ3n) is 4.06. The number of benzene rings is 1. The quantitative estimate of drug-likeness (QED) is 0.511. The van der Waals surface area contributed by atoms with Crippen LogP contribution in [0, 0.1) is 17.1 Å². The smallest absolute Gasteiger partial charge is 0.146 e. The summed E-state index contributed by atoms with van der Waals surface area (Å²) in [5, 5.41) is 9.45. The van der Waals surface area contributed by atoms with Gasteiger partial charge in [0.25, 0.3) is 0 Å². The highest BCUT2D eigenvalue weighted by atomic mass is 32.1. The average Bonchev–Trinajstić information content (AvgIpc) is 2.52. The van der Waals surface area contributed by atoms with Crippen molar-refractivity contribution < 1.29 is 13.9 Å². The van der Waals surface area contributed by atoms with E-state index in [0.29, 0.717) is 21.8 Å². The van der Waals surface area contributed by atoms with Crippen molar-refractivity contribution in [3.8, 4) is 6.07 Å². The number of nitriles is 1. The summed E-state index contributed by atoms with van der Waals surface area (Å²) in [4.78, 5) is 5.01. The lowest BCUT2D eigenvalue weighted by Gasteiger charge is -2.39. The molecule has 122 valence electrons. The molecule has 1 aromatic carbocycles. The summed E-state index contributed by atoms with van der Waals surface area (Å²) < 4.78 is 25.0. The van der Waals surface area contributed by atoms with E-state index < -0.39 is 5.41 Å². The molecule has 0 fully saturated rings. The SMILES string of the molecule is COCOCC1(c2ccccc2F)C(C)=NC(C)C(C#N)=C1S. The molecule has 0 amide bonds. The van der Waals surface area contributed by atoms with Crippen molar-refractivity contribution in [3.63, 3.8) is 0 Å². The Morgan fingerprint density at radius 3 is 2.74 bits per heavy atom. The van der Waals surface area contributed by atoms with Crippen molar-refractivity contribution in [3.05, 3.63) is 46.1 Å². The number of hydrogen-bond acceptors (Lipinski definition) is 5. The van der Waals surface area contributed by atoms with Crippen LogP contribution in [-0.4, -0.2) is 32.3 Å². The number of rotatable bonds is 5. The number of dihydropyridines is 1. The lowest BCUT2D eigenvalue weighted by Crippen LogP contribution is -2.44. The van der Waals surface area contributed by atoms with Crippen molar-refractivity contribution in [1.29, 1.82) is 5.26 Å². The number of ether oxygens (including phenoxy) is 2. The molecule has 2 rings (SSSR count). The normalized spacial score (nSPS) is 24.3. The van der Waals surface area contributed by atoms with E-state index in [1.807, 2.05) is 13.8 Å². The van der Waals surface area contributed by atoms with E-state index in [1.165, 1.54) is 13.2 Å². The second kappa shape index (κ2) is 7.26. The summed E-state index contributed by atoms with van der Waals surface area (Å²) >= 11 is 4.59. The Morgan fingerprint density at radius 2 is 2.13 bits per heavy atom. The molecule has 0 aliphatic carbocycles. The van der Waals surface area contributed by atoms with Crippen molar-refractivity contribution in [2.24, 2.45) is 4.99 Å². The Bertz CT molecular complexity index is 696. The standard InChI is InChI=1S/C17H19FN2O2S/c1-11-13(8-19)16(23)17(12(2)20-11,9-22-10-21-3)14-6-4-5-7-15(14)18/h4-7,11,23H,9-10H2,1-3H3. The van der Waals surface area contributed by atoms with Crippen LogP contribution in [0.25, 0.3) is 0 Å². The van der Waals surface area contributed by atoms with Gasteiger partial charge in [0, 0.05) is 23.3 Å². The van der Waals surface area contributed by atoms with Crippen molar-refractivity contribution in [2.75, 3.05) is 20.5 Å². The molecule has 2 unspecified atom stereocenters. The molecule has 1 heterocycles.